The molecule has 3 N–H and O–H groups in total. The van der Waals surface area contributed by atoms with Gasteiger partial charge in [0.05, 0.1) is 6.54 Å². The lowest BCUT2D eigenvalue weighted by Crippen LogP contribution is -2.55. The average Bonchev–Trinajstić information content (AvgIpc) is 3.16. The fourth-order valence-electron chi connectivity index (χ4n) is 3.38. The van der Waals surface area contributed by atoms with E-state index in [1.807, 2.05) is 23.8 Å². The van der Waals surface area contributed by atoms with Crippen molar-refractivity contribution in [2.24, 2.45) is 10.9 Å². The van der Waals surface area contributed by atoms with Gasteiger partial charge in [-0.3, -0.25) is 4.90 Å². The number of aliphatic hydroxyl groups is 1. The van der Waals surface area contributed by atoms with Gasteiger partial charge in [-0.05, 0) is 49.2 Å². The van der Waals surface area contributed by atoms with Crippen LogP contribution in [-0.2, 0) is 5.60 Å². The molecule has 0 bridgehead atoms. The SMILES string of the molecule is CCNC(=NCC(C)(O)c1ccsc1)NCC(C(C)C)N1CCN(C)CC1. The minimum atomic E-state index is -0.947. The van der Waals surface area contributed by atoms with Crippen LogP contribution in [0, 0.1) is 5.92 Å². The molecule has 154 valence electrons. The van der Waals surface area contributed by atoms with Crippen molar-refractivity contribution in [1.82, 2.24) is 20.4 Å². The van der Waals surface area contributed by atoms with Gasteiger partial charge in [0.15, 0.2) is 5.96 Å². The molecule has 0 radical (unpaired) electrons. The molecule has 1 fully saturated rings. The van der Waals surface area contributed by atoms with Crippen LogP contribution in [-0.4, -0.2) is 79.8 Å². The Hall–Kier alpha value is -1.15. The molecule has 0 spiro atoms. The summed E-state index contributed by atoms with van der Waals surface area (Å²) in [6.07, 6.45) is 0. The molecule has 2 atom stereocenters. The van der Waals surface area contributed by atoms with Gasteiger partial charge in [-0.1, -0.05) is 13.8 Å². The molecule has 0 aromatic carbocycles. The smallest absolute Gasteiger partial charge is 0.191 e. The lowest BCUT2D eigenvalue weighted by molar-refractivity contribution is 0.0676. The zero-order valence-electron chi connectivity index (χ0n) is 17.5. The van der Waals surface area contributed by atoms with E-state index in [9.17, 15) is 5.11 Å². The highest BCUT2D eigenvalue weighted by atomic mass is 32.1. The lowest BCUT2D eigenvalue weighted by atomic mass is 10.00. The van der Waals surface area contributed by atoms with Crippen LogP contribution in [0.15, 0.2) is 21.8 Å². The molecule has 6 nitrogen and oxygen atoms in total. The van der Waals surface area contributed by atoms with Gasteiger partial charge in [0.1, 0.15) is 5.60 Å². The maximum atomic E-state index is 10.7. The Bertz CT molecular complexity index is 565. The molecule has 2 unspecified atom stereocenters. The molecule has 1 aromatic heterocycles. The molecule has 2 rings (SSSR count). The van der Waals surface area contributed by atoms with E-state index < -0.39 is 5.60 Å². The zero-order chi connectivity index (χ0) is 19.9. The number of guanidine groups is 1. The van der Waals surface area contributed by atoms with Crippen LogP contribution in [0.2, 0.25) is 0 Å². The highest BCUT2D eigenvalue weighted by Gasteiger charge is 2.26. The van der Waals surface area contributed by atoms with Gasteiger partial charge in [0, 0.05) is 45.3 Å². The number of nitrogens with zero attached hydrogens (tertiary/aromatic N) is 3. The third-order valence-corrected chi connectivity index (χ3v) is 5.97. The van der Waals surface area contributed by atoms with Crippen LogP contribution in [0.4, 0.5) is 0 Å². The van der Waals surface area contributed by atoms with E-state index in [-0.39, 0.29) is 0 Å². The van der Waals surface area contributed by atoms with Gasteiger partial charge < -0.3 is 20.6 Å². The lowest BCUT2D eigenvalue weighted by Gasteiger charge is -2.40. The number of thiophene rings is 1. The van der Waals surface area contributed by atoms with Crippen LogP contribution in [0.25, 0.3) is 0 Å². The van der Waals surface area contributed by atoms with Crippen molar-refractivity contribution in [3.8, 4) is 0 Å². The van der Waals surface area contributed by atoms with E-state index in [0.717, 1.165) is 50.8 Å². The zero-order valence-corrected chi connectivity index (χ0v) is 18.4. The first-order chi connectivity index (χ1) is 12.8. The highest BCUT2D eigenvalue weighted by molar-refractivity contribution is 7.08. The van der Waals surface area contributed by atoms with Crippen LogP contribution in [0.1, 0.15) is 33.3 Å². The number of rotatable bonds is 8. The van der Waals surface area contributed by atoms with Gasteiger partial charge in [0.2, 0.25) is 0 Å². The summed E-state index contributed by atoms with van der Waals surface area (Å²) in [5.41, 5.74) is -0.0262. The number of likely N-dealkylation sites (N-methyl/N-ethyl adjacent to an activating group) is 1. The van der Waals surface area contributed by atoms with E-state index in [4.69, 9.17) is 0 Å². The van der Waals surface area contributed by atoms with Crippen LogP contribution in [0.5, 0.6) is 0 Å². The Labute approximate surface area is 168 Å². The van der Waals surface area contributed by atoms with Crippen LogP contribution < -0.4 is 10.6 Å². The number of nitrogens with one attached hydrogen (secondary N) is 2. The Morgan fingerprint density at radius 3 is 2.56 bits per heavy atom. The Kier molecular flexibility index (Phi) is 8.54. The second kappa shape index (κ2) is 10.4. The minimum absolute atomic E-state index is 0.333. The second-order valence-electron chi connectivity index (χ2n) is 8.01. The van der Waals surface area contributed by atoms with Crippen LogP contribution in [0.3, 0.4) is 0 Å². The second-order valence-corrected chi connectivity index (χ2v) is 8.79. The molecule has 7 heteroatoms. The first kappa shape index (κ1) is 22.1. The van der Waals surface area contributed by atoms with Gasteiger partial charge in [-0.25, -0.2) is 4.99 Å². The third-order valence-electron chi connectivity index (χ3n) is 5.29. The molecule has 1 saturated heterocycles. The van der Waals surface area contributed by atoms with Crippen molar-refractivity contribution in [3.05, 3.63) is 22.4 Å². The van der Waals surface area contributed by atoms with Gasteiger partial charge in [-0.2, -0.15) is 11.3 Å². The molecule has 0 saturated carbocycles. The molecule has 1 aliphatic heterocycles. The minimum Gasteiger partial charge on any atom is -0.383 e. The summed E-state index contributed by atoms with van der Waals surface area (Å²) in [5, 5.41) is 21.5. The Morgan fingerprint density at radius 2 is 2.00 bits per heavy atom. The number of hydrogen-bond acceptors (Lipinski definition) is 5. The number of piperazine rings is 1. The number of aliphatic imine (C=N–C) groups is 1. The predicted molar refractivity (Wildman–Crippen MR) is 116 cm³/mol. The van der Waals surface area contributed by atoms with Crippen molar-refractivity contribution >= 4 is 17.3 Å². The van der Waals surface area contributed by atoms with E-state index in [2.05, 4.69) is 53.2 Å². The molecular weight excluding hydrogens is 358 g/mol. The van der Waals surface area contributed by atoms with Crippen molar-refractivity contribution in [1.29, 1.82) is 0 Å². The van der Waals surface area contributed by atoms with E-state index in [0.29, 0.717) is 18.5 Å². The summed E-state index contributed by atoms with van der Waals surface area (Å²) >= 11 is 1.60. The topological polar surface area (TPSA) is 63.1 Å². The van der Waals surface area contributed by atoms with E-state index in [1.54, 1.807) is 11.3 Å². The number of hydrogen-bond donors (Lipinski definition) is 3. The summed E-state index contributed by atoms with van der Waals surface area (Å²) in [6, 6.07) is 2.43. The monoisotopic (exact) mass is 395 g/mol. The summed E-state index contributed by atoms with van der Waals surface area (Å²) < 4.78 is 0. The van der Waals surface area contributed by atoms with Gasteiger partial charge in [-0.15, -0.1) is 0 Å². The maximum absolute atomic E-state index is 10.7. The predicted octanol–water partition coefficient (Wildman–Crippen LogP) is 1.78. The van der Waals surface area contributed by atoms with Crippen molar-refractivity contribution in [2.75, 3.05) is 52.9 Å². The first-order valence-corrected chi connectivity index (χ1v) is 11.0. The van der Waals surface area contributed by atoms with Gasteiger partial charge in [0.25, 0.3) is 0 Å². The molecule has 1 aromatic rings. The molecule has 0 amide bonds. The standard InChI is InChI=1S/C20H37N5OS/c1-6-21-19(23-15-20(4,26)17-7-12-27-14-17)22-13-18(16(2)3)25-10-8-24(5)9-11-25/h7,12,14,16,18,26H,6,8-11,13,15H2,1-5H3,(H2,21,22,23). The van der Waals surface area contributed by atoms with E-state index >= 15 is 0 Å². The Morgan fingerprint density at radius 1 is 1.30 bits per heavy atom. The quantitative estimate of drug-likeness (QED) is 0.463. The third kappa shape index (κ3) is 6.75. The normalized spacial score (nSPS) is 20.5. The summed E-state index contributed by atoms with van der Waals surface area (Å²) in [4.78, 5) is 9.63. The molecule has 27 heavy (non-hydrogen) atoms. The van der Waals surface area contributed by atoms with Crippen molar-refractivity contribution in [3.63, 3.8) is 0 Å². The largest absolute Gasteiger partial charge is 0.383 e. The average molecular weight is 396 g/mol. The Balaban J connectivity index is 1.97. The maximum Gasteiger partial charge on any atom is 0.191 e. The molecular formula is C20H37N5OS. The summed E-state index contributed by atoms with van der Waals surface area (Å²) in [7, 11) is 2.19. The molecule has 2 heterocycles. The first-order valence-electron chi connectivity index (χ1n) is 10.0. The molecule has 1 aliphatic rings. The fourth-order valence-corrected chi connectivity index (χ4v) is 4.16. The summed E-state index contributed by atoms with van der Waals surface area (Å²) in [6.45, 7) is 14.9. The fraction of sp³-hybridized carbons (Fsp3) is 0.750. The summed E-state index contributed by atoms with van der Waals surface area (Å²) in [5.74, 6) is 1.34. The van der Waals surface area contributed by atoms with Crippen molar-refractivity contribution < 1.29 is 5.11 Å². The van der Waals surface area contributed by atoms with Crippen LogP contribution >= 0.6 is 11.3 Å². The van der Waals surface area contributed by atoms with Gasteiger partial charge >= 0.3 is 0 Å². The van der Waals surface area contributed by atoms with E-state index in [1.165, 1.54) is 0 Å². The van der Waals surface area contributed by atoms with Crippen molar-refractivity contribution in [2.45, 2.75) is 39.3 Å². The highest BCUT2D eigenvalue weighted by Crippen LogP contribution is 2.23. The molecule has 0 aliphatic carbocycles.